The number of benzene rings is 1. The van der Waals surface area contributed by atoms with E-state index in [4.69, 9.17) is 9.47 Å². The smallest absolute Gasteiger partial charge is 0.235 e. The van der Waals surface area contributed by atoms with Gasteiger partial charge in [-0.2, -0.15) is 5.26 Å². The average molecular weight is 345 g/mol. The van der Waals surface area contributed by atoms with E-state index in [0.717, 1.165) is 24.3 Å². The summed E-state index contributed by atoms with van der Waals surface area (Å²) in [5, 5.41) is 12.2. The fraction of sp³-hybridized carbons (Fsp3) is 0.579. The van der Waals surface area contributed by atoms with E-state index in [0.29, 0.717) is 12.3 Å². The molecule has 1 heterocycles. The Balaban J connectivity index is 2.06. The molecule has 0 unspecified atom stereocenters. The number of amides is 1. The molecule has 1 aliphatic rings. The zero-order valence-corrected chi connectivity index (χ0v) is 15.7. The number of methoxy groups -OCH3 is 2. The molecule has 0 radical (unpaired) electrons. The molecular weight excluding hydrogens is 318 g/mol. The van der Waals surface area contributed by atoms with Gasteiger partial charge in [0.15, 0.2) is 11.5 Å². The van der Waals surface area contributed by atoms with Crippen LogP contribution in [0.5, 0.6) is 11.5 Å². The van der Waals surface area contributed by atoms with Crippen LogP contribution in [0.1, 0.15) is 31.9 Å². The summed E-state index contributed by atoms with van der Waals surface area (Å²) in [7, 11) is 3.25. The van der Waals surface area contributed by atoms with E-state index in [1.54, 1.807) is 21.1 Å². The summed E-state index contributed by atoms with van der Waals surface area (Å²) < 4.78 is 10.7. The van der Waals surface area contributed by atoms with Crippen molar-refractivity contribution in [2.45, 2.75) is 39.3 Å². The van der Waals surface area contributed by atoms with Crippen LogP contribution in [0.15, 0.2) is 12.1 Å². The van der Waals surface area contributed by atoms with Crippen molar-refractivity contribution in [1.29, 1.82) is 5.26 Å². The summed E-state index contributed by atoms with van der Waals surface area (Å²) in [6.07, 6.45) is 0.850. The highest BCUT2D eigenvalue weighted by molar-refractivity contribution is 5.79. The topological polar surface area (TPSA) is 74.6 Å². The molecule has 1 aliphatic heterocycles. The molecule has 1 aromatic rings. The summed E-state index contributed by atoms with van der Waals surface area (Å²) in [6.45, 7) is 7.37. The Morgan fingerprint density at radius 2 is 1.92 bits per heavy atom. The molecule has 0 bridgehead atoms. The van der Waals surface area contributed by atoms with Gasteiger partial charge in [-0.15, -0.1) is 0 Å². The van der Waals surface area contributed by atoms with Gasteiger partial charge < -0.3 is 14.8 Å². The molecule has 0 saturated carbocycles. The second-order valence-electron chi connectivity index (χ2n) is 6.95. The van der Waals surface area contributed by atoms with Crippen molar-refractivity contribution in [2.24, 2.45) is 5.92 Å². The molecular formula is C19H27N3O3. The lowest BCUT2D eigenvalue weighted by Gasteiger charge is -2.31. The summed E-state index contributed by atoms with van der Waals surface area (Å²) in [5.74, 6) is 1.35. The van der Waals surface area contributed by atoms with E-state index >= 15 is 0 Å². The second-order valence-corrected chi connectivity index (χ2v) is 6.95. The minimum absolute atomic E-state index is 0.0419. The second kappa shape index (κ2) is 7.75. The molecule has 0 spiro atoms. The van der Waals surface area contributed by atoms with Crippen LogP contribution in [0.2, 0.25) is 0 Å². The van der Waals surface area contributed by atoms with Crippen LogP contribution in [0.4, 0.5) is 0 Å². The van der Waals surface area contributed by atoms with Gasteiger partial charge in [0, 0.05) is 13.1 Å². The minimum Gasteiger partial charge on any atom is -0.493 e. The van der Waals surface area contributed by atoms with Crippen molar-refractivity contribution in [3.05, 3.63) is 23.3 Å². The number of carbonyl (C=O) groups is 1. The van der Waals surface area contributed by atoms with Gasteiger partial charge in [0.05, 0.1) is 26.8 Å². The molecule has 1 N–H and O–H groups in total. The molecule has 6 heteroatoms. The standard InChI is InChI=1S/C19H27N3O3/c1-13(2)19(3,12-20)21-18(23)11-22-7-6-14-8-16(24-4)17(25-5)9-15(14)10-22/h8-9,13H,6-7,10-11H2,1-5H3,(H,21,23)/t19-/m1/s1. The fourth-order valence-electron chi connectivity index (χ4n) is 2.91. The number of hydrogen-bond acceptors (Lipinski definition) is 5. The predicted octanol–water partition coefficient (Wildman–Crippen LogP) is 2.12. The van der Waals surface area contributed by atoms with Gasteiger partial charge in [0.2, 0.25) is 5.91 Å². The zero-order chi connectivity index (χ0) is 18.6. The first kappa shape index (κ1) is 19.1. The van der Waals surface area contributed by atoms with Gasteiger partial charge in [-0.25, -0.2) is 0 Å². The lowest BCUT2D eigenvalue weighted by atomic mass is 9.90. The highest BCUT2D eigenvalue weighted by atomic mass is 16.5. The number of nitrogens with zero attached hydrogens (tertiary/aromatic N) is 2. The van der Waals surface area contributed by atoms with Crippen molar-refractivity contribution >= 4 is 5.91 Å². The quantitative estimate of drug-likeness (QED) is 0.855. The van der Waals surface area contributed by atoms with E-state index in [1.165, 1.54) is 5.56 Å². The van der Waals surface area contributed by atoms with E-state index < -0.39 is 5.54 Å². The third-order valence-corrected chi connectivity index (χ3v) is 4.95. The Hall–Kier alpha value is -2.26. The van der Waals surface area contributed by atoms with Crippen molar-refractivity contribution in [1.82, 2.24) is 10.2 Å². The van der Waals surface area contributed by atoms with Gasteiger partial charge in [-0.3, -0.25) is 9.69 Å². The van der Waals surface area contributed by atoms with Crippen LogP contribution < -0.4 is 14.8 Å². The molecule has 0 saturated heterocycles. The number of nitriles is 1. The number of carbonyl (C=O) groups excluding carboxylic acids is 1. The Labute approximate surface area is 149 Å². The zero-order valence-electron chi connectivity index (χ0n) is 15.7. The molecule has 2 rings (SSSR count). The molecule has 1 atom stereocenters. The molecule has 136 valence electrons. The van der Waals surface area contributed by atoms with Crippen LogP contribution in [0.3, 0.4) is 0 Å². The molecule has 1 amide bonds. The summed E-state index contributed by atoms with van der Waals surface area (Å²) >= 11 is 0. The van der Waals surface area contributed by atoms with Gasteiger partial charge >= 0.3 is 0 Å². The molecule has 0 aliphatic carbocycles. The maximum Gasteiger partial charge on any atom is 0.235 e. The third-order valence-electron chi connectivity index (χ3n) is 4.95. The molecule has 6 nitrogen and oxygen atoms in total. The molecule has 25 heavy (non-hydrogen) atoms. The van der Waals surface area contributed by atoms with Crippen LogP contribution in [0, 0.1) is 17.2 Å². The Morgan fingerprint density at radius 1 is 1.32 bits per heavy atom. The molecule has 0 fully saturated rings. The highest BCUT2D eigenvalue weighted by Crippen LogP contribution is 2.33. The van der Waals surface area contributed by atoms with Crippen molar-refractivity contribution < 1.29 is 14.3 Å². The van der Waals surface area contributed by atoms with E-state index in [1.807, 2.05) is 26.0 Å². The first-order chi connectivity index (χ1) is 11.8. The largest absolute Gasteiger partial charge is 0.493 e. The lowest BCUT2D eigenvalue weighted by molar-refractivity contribution is -0.124. The van der Waals surface area contributed by atoms with Crippen LogP contribution >= 0.6 is 0 Å². The van der Waals surface area contributed by atoms with E-state index in [-0.39, 0.29) is 18.4 Å². The first-order valence-electron chi connectivity index (χ1n) is 8.51. The Kier molecular flexibility index (Phi) is 5.91. The van der Waals surface area contributed by atoms with Gasteiger partial charge in [-0.1, -0.05) is 13.8 Å². The summed E-state index contributed by atoms with van der Waals surface area (Å²) in [5.41, 5.74) is 1.52. The predicted molar refractivity (Wildman–Crippen MR) is 95.5 cm³/mol. The number of hydrogen-bond donors (Lipinski definition) is 1. The average Bonchev–Trinajstić information content (AvgIpc) is 2.59. The number of fused-ring (bicyclic) bond motifs is 1. The lowest BCUT2D eigenvalue weighted by Crippen LogP contribution is -2.52. The summed E-state index contributed by atoms with van der Waals surface area (Å²) in [6, 6.07) is 6.20. The number of ether oxygens (including phenoxy) is 2. The maximum absolute atomic E-state index is 12.4. The summed E-state index contributed by atoms with van der Waals surface area (Å²) in [4.78, 5) is 14.5. The fourth-order valence-corrected chi connectivity index (χ4v) is 2.91. The number of rotatable bonds is 6. The number of nitrogens with one attached hydrogen (secondary N) is 1. The minimum atomic E-state index is -0.846. The van der Waals surface area contributed by atoms with Gasteiger partial charge in [0.1, 0.15) is 5.54 Å². The molecule has 0 aromatic heterocycles. The maximum atomic E-state index is 12.4. The van der Waals surface area contributed by atoms with E-state index in [9.17, 15) is 10.1 Å². The van der Waals surface area contributed by atoms with Crippen LogP contribution in [-0.4, -0.2) is 43.7 Å². The van der Waals surface area contributed by atoms with Crippen molar-refractivity contribution in [2.75, 3.05) is 27.3 Å². The van der Waals surface area contributed by atoms with Gasteiger partial charge in [-0.05, 0) is 42.5 Å². The van der Waals surface area contributed by atoms with Gasteiger partial charge in [0.25, 0.3) is 0 Å². The molecule has 1 aromatic carbocycles. The van der Waals surface area contributed by atoms with Crippen molar-refractivity contribution in [3.63, 3.8) is 0 Å². The third kappa shape index (κ3) is 4.23. The van der Waals surface area contributed by atoms with Crippen LogP contribution in [-0.2, 0) is 17.8 Å². The van der Waals surface area contributed by atoms with E-state index in [2.05, 4.69) is 16.3 Å². The Bertz CT molecular complexity index is 681. The SMILES string of the molecule is COc1cc2c(cc1OC)CN(CC(=O)N[C@](C)(C#N)C(C)C)CC2. The highest BCUT2D eigenvalue weighted by Gasteiger charge is 2.31. The first-order valence-corrected chi connectivity index (χ1v) is 8.51. The van der Waals surface area contributed by atoms with Crippen molar-refractivity contribution in [3.8, 4) is 17.6 Å². The van der Waals surface area contributed by atoms with Crippen LogP contribution in [0.25, 0.3) is 0 Å². The normalized spacial score (nSPS) is 16.5. The monoisotopic (exact) mass is 345 g/mol. The Morgan fingerprint density at radius 3 is 2.44 bits per heavy atom.